The summed E-state index contributed by atoms with van der Waals surface area (Å²) in [5.74, 6) is -0.887. The van der Waals surface area contributed by atoms with Crippen LogP contribution in [-0.2, 0) is 15.0 Å². The number of nitrogens with zero attached hydrogens (tertiary/aromatic N) is 1. The molecule has 1 saturated heterocycles. The van der Waals surface area contributed by atoms with Gasteiger partial charge in [0.2, 0.25) is 5.91 Å². The van der Waals surface area contributed by atoms with Crippen molar-refractivity contribution in [1.82, 2.24) is 0 Å². The van der Waals surface area contributed by atoms with Crippen LogP contribution in [0.2, 0.25) is 5.02 Å². The summed E-state index contributed by atoms with van der Waals surface area (Å²) in [5.41, 5.74) is 0.410. The largest absolute Gasteiger partial charge is 0.495 e. The molecule has 0 saturated carbocycles. The lowest BCUT2D eigenvalue weighted by atomic mass is 10.1. The molecule has 0 bridgehead atoms. The van der Waals surface area contributed by atoms with Crippen LogP contribution >= 0.6 is 11.6 Å². The highest BCUT2D eigenvalue weighted by molar-refractivity contribution is 7.86. The van der Waals surface area contributed by atoms with E-state index in [9.17, 15) is 17.1 Å². The zero-order chi connectivity index (χ0) is 16.5. The predicted octanol–water partition coefficient (Wildman–Crippen LogP) is 2.01. The lowest BCUT2D eigenvalue weighted by molar-refractivity contribution is -0.117. The molecule has 1 unspecified atom stereocenters. The minimum Gasteiger partial charge on any atom is -0.495 e. The molecule has 122 valence electrons. The molecule has 0 N–H and O–H groups in total. The van der Waals surface area contributed by atoms with Crippen LogP contribution in [-0.4, -0.2) is 40.8 Å². The van der Waals surface area contributed by atoms with Gasteiger partial charge >= 0.3 is 10.2 Å². The minimum atomic E-state index is -4.63. The van der Waals surface area contributed by atoms with Gasteiger partial charge < -0.3 is 14.4 Å². The van der Waals surface area contributed by atoms with Crippen LogP contribution < -0.4 is 14.4 Å². The van der Waals surface area contributed by atoms with E-state index >= 15 is 0 Å². The van der Waals surface area contributed by atoms with Crippen molar-refractivity contribution in [2.75, 3.05) is 31.4 Å². The van der Waals surface area contributed by atoms with E-state index in [0.717, 1.165) is 0 Å². The summed E-state index contributed by atoms with van der Waals surface area (Å²) in [6.07, 6.45) is -0.0444. The maximum Gasteiger partial charge on any atom is 0.302 e. The number of amides is 1. The van der Waals surface area contributed by atoms with Gasteiger partial charge in [-0.3, -0.25) is 4.79 Å². The average Bonchev–Trinajstić information content (AvgIpc) is 2.76. The molecule has 1 atom stereocenters. The second kappa shape index (κ2) is 6.29. The summed E-state index contributed by atoms with van der Waals surface area (Å²) in [4.78, 5) is 13.5. The first-order valence-corrected chi connectivity index (χ1v) is 8.32. The fourth-order valence-electron chi connectivity index (χ4n) is 2.46. The first-order chi connectivity index (χ1) is 10.2. The van der Waals surface area contributed by atoms with E-state index in [1.165, 1.54) is 31.3 Å². The zero-order valence-corrected chi connectivity index (χ0v) is 13.6. The maximum absolute atomic E-state index is 12.8. The van der Waals surface area contributed by atoms with Crippen molar-refractivity contribution < 1.29 is 26.6 Å². The highest BCUT2D eigenvalue weighted by atomic mass is 35.5. The highest BCUT2D eigenvalue weighted by Gasteiger charge is 2.35. The Kier molecular flexibility index (Phi) is 4.81. The molecule has 1 fully saturated rings. The molecule has 0 spiro atoms. The number of hydrogen-bond donors (Lipinski definition) is 0. The van der Waals surface area contributed by atoms with Crippen molar-refractivity contribution in [3.05, 3.63) is 17.2 Å². The highest BCUT2D eigenvalue weighted by Crippen LogP contribution is 2.40. The number of carbonyl (C=O) groups is 1. The van der Waals surface area contributed by atoms with Gasteiger partial charge in [-0.2, -0.15) is 8.42 Å². The number of rotatable bonds is 5. The van der Waals surface area contributed by atoms with Gasteiger partial charge in [-0.05, 0) is 0 Å². The summed E-state index contributed by atoms with van der Waals surface area (Å²) in [7, 11) is -1.77. The van der Waals surface area contributed by atoms with Gasteiger partial charge in [0.25, 0.3) is 0 Å². The van der Waals surface area contributed by atoms with Gasteiger partial charge in [-0.1, -0.05) is 11.6 Å². The summed E-state index contributed by atoms with van der Waals surface area (Å²) >= 11 is 6.00. The van der Waals surface area contributed by atoms with Crippen LogP contribution in [0.15, 0.2) is 12.1 Å². The molecular weight excluding hydrogens is 337 g/mol. The Hall–Kier alpha value is -1.54. The molecule has 22 heavy (non-hydrogen) atoms. The molecule has 9 heteroatoms. The third kappa shape index (κ3) is 3.61. The summed E-state index contributed by atoms with van der Waals surface area (Å²) < 4.78 is 44.6. The molecule has 1 amide bonds. The van der Waals surface area contributed by atoms with E-state index in [1.54, 1.807) is 0 Å². The molecular formula is C13H15ClFNO5S. The normalized spacial score (nSPS) is 18.6. The Balaban J connectivity index is 2.33. The summed E-state index contributed by atoms with van der Waals surface area (Å²) in [5, 5.41) is 0.317. The molecule has 1 heterocycles. The Morgan fingerprint density at radius 1 is 1.32 bits per heavy atom. The van der Waals surface area contributed by atoms with Gasteiger partial charge in [0, 0.05) is 31.0 Å². The average molecular weight is 352 g/mol. The molecule has 0 radical (unpaired) electrons. The molecule has 1 aliphatic rings. The van der Waals surface area contributed by atoms with Crippen LogP contribution in [0.5, 0.6) is 11.5 Å². The fourth-order valence-corrected chi connectivity index (χ4v) is 3.48. The second-order valence-electron chi connectivity index (χ2n) is 4.94. The Morgan fingerprint density at radius 3 is 2.50 bits per heavy atom. The van der Waals surface area contributed by atoms with Crippen molar-refractivity contribution in [2.45, 2.75) is 6.42 Å². The number of carbonyl (C=O) groups excluding carboxylic acids is 1. The first kappa shape index (κ1) is 16.8. The fraction of sp³-hybridized carbons (Fsp3) is 0.462. The quantitative estimate of drug-likeness (QED) is 0.759. The molecule has 0 aromatic heterocycles. The van der Waals surface area contributed by atoms with Gasteiger partial charge in [0.1, 0.15) is 11.5 Å². The lowest BCUT2D eigenvalue weighted by Gasteiger charge is -2.21. The Bertz CT molecular complexity index is 694. The second-order valence-corrected chi connectivity index (χ2v) is 6.76. The van der Waals surface area contributed by atoms with Crippen LogP contribution in [0.25, 0.3) is 0 Å². The predicted molar refractivity (Wildman–Crippen MR) is 79.9 cm³/mol. The van der Waals surface area contributed by atoms with Crippen LogP contribution in [0.3, 0.4) is 0 Å². The van der Waals surface area contributed by atoms with Gasteiger partial charge in [-0.15, -0.1) is 3.89 Å². The topological polar surface area (TPSA) is 72.9 Å². The Labute approximate surface area is 133 Å². The lowest BCUT2D eigenvalue weighted by Crippen LogP contribution is -2.26. The Morgan fingerprint density at radius 2 is 1.95 bits per heavy atom. The molecule has 6 nitrogen and oxygen atoms in total. The van der Waals surface area contributed by atoms with E-state index in [4.69, 9.17) is 21.1 Å². The standard InChI is InChI=1S/C13H15ClFNO5S/c1-20-11-5-10(12(21-2)4-9(11)14)16-6-8(3-13(16)17)7-22(15,18)19/h4-5,8H,3,6-7H2,1-2H3. The number of hydrogen-bond acceptors (Lipinski definition) is 5. The van der Waals surface area contributed by atoms with Crippen molar-refractivity contribution in [1.29, 1.82) is 0 Å². The van der Waals surface area contributed by atoms with E-state index in [2.05, 4.69) is 0 Å². The van der Waals surface area contributed by atoms with Gasteiger partial charge in [-0.25, -0.2) is 0 Å². The van der Waals surface area contributed by atoms with Crippen LogP contribution in [0.1, 0.15) is 6.42 Å². The van der Waals surface area contributed by atoms with Crippen molar-refractivity contribution in [3.63, 3.8) is 0 Å². The van der Waals surface area contributed by atoms with E-state index in [0.29, 0.717) is 22.2 Å². The first-order valence-electron chi connectivity index (χ1n) is 6.39. The van der Waals surface area contributed by atoms with Crippen molar-refractivity contribution >= 4 is 33.4 Å². The van der Waals surface area contributed by atoms with Gasteiger partial charge in [0.05, 0.1) is 30.7 Å². The third-order valence-corrected chi connectivity index (χ3v) is 4.55. The smallest absolute Gasteiger partial charge is 0.302 e. The molecule has 1 aromatic carbocycles. The number of halogens is 2. The number of anilines is 1. The van der Waals surface area contributed by atoms with E-state index < -0.39 is 21.9 Å². The van der Waals surface area contributed by atoms with Crippen molar-refractivity contribution in [2.24, 2.45) is 5.92 Å². The summed E-state index contributed by atoms with van der Waals surface area (Å²) in [6.45, 7) is 0.0864. The third-order valence-electron chi connectivity index (χ3n) is 3.38. The van der Waals surface area contributed by atoms with Crippen LogP contribution in [0.4, 0.5) is 9.57 Å². The molecule has 1 aliphatic heterocycles. The zero-order valence-electron chi connectivity index (χ0n) is 12.0. The van der Waals surface area contributed by atoms with E-state index in [1.807, 2.05) is 0 Å². The number of methoxy groups -OCH3 is 2. The minimum absolute atomic E-state index is 0.0444. The number of ether oxygens (including phenoxy) is 2. The SMILES string of the molecule is COc1cc(N2CC(CS(=O)(=O)F)CC2=O)c(OC)cc1Cl. The molecule has 2 rings (SSSR count). The van der Waals surface area contributed by atoms with Crippen molar-refractivity contribution in [3.8, 4) is 11.5 Å². The van der Waals surface area contributed by atoms with Crippen LogP contribution in [0, 0.1) is 5.92 Å². The number of benzene rings is 1. The monoisotopic (exact) mass is 351 g/mol. The van der Waals surface area contributed by atoms with Gasteiger partial charge in [0.15, 0.2) is 0 Å². The molecule has 1 aromatic rings. The maximum atomic E-state index is 12.8. The molecule has 0 aliphatic carbocycles. The van der Waals surface area contributed by atoms with E-state index in [-0.39, 0.29) is 18.9 Å². The summed E-state index contributed by atoms with van der Waals surface area (Å²) in [6, 6.07) is 3.04.